The van der Waals surface area contributed by atoms with Gasteiger partial charge in [0.25, 0.3) is 0 Å². The van der Waals surface area contributed by atoms with Gasteiger partial charge in [0.05, 0.1) is 48.1 Å². The Morgan fingerprint density at radius 1 is 0.406 bits per heavy atom. The van der Waals surface area contributed by atoms with Crippen LogP contribution in [0.25, 0.3) is 55.0 Å². The van der Waals surface area contributed by atoms with E-state index in [1.807, 2.05) is 0 Å². The first-order chi connectivity index (χ1) is 23.8. The Bertz CT molecular complexity index is 2720. The number of nitrogens with zero attached hydrogens (tertiary/aromatic N) is 2. The molecule has 0 aliphatic carbocycles. The first-order valence-electron chi connectivity index (χ1n) is 18.9. The summed E-state index contributed by atoms with van der Waals surface area (Å²) in [5.74, 6) is 0. The lowest BCUT2D eigenvalue weighted by Crippen LogP contribution is -1.98. The summed E-state index contributed by atoms with van der Waals surface area (Å²) in [5.41, 5.74) is -2.78. The molecule has 0 amide bonds. The Morgan fingerprint density at radius 2 is 0.812 bits per heavy atom. The molecular formula is C30H20N2. The van der Waals surface area contributed by atoms with Crippen molar-refractivity contribution in [2.75, 3.05) is 0 Å². The molecule has 0 saturated carbocycles. The molecule has 2 heterocycles. The second-order valence-corrected chi connectivity index (χ2v) is 6.84. The van der Waals surface area contributed by atoms with Gasteiger partial charge in [0.2, 0.25) is 0 Å². The highest BCUT2D eigenvalue weighted by atomic mass is 15.0. The van der Waals surface area contributed by atoms with E-state index in [0.29, 0.717) is 0 Å². The Hall–Kier alpha value is -4.30. The summed E-state index contributed by atoms with van der Waals surface area (Å²) in [5, 5.41) is -1.23. The summed E-state index contributed by atoms with van der Waals surface area (Å²) in [6, 6.07) is -12.6. The highest BCUT2D eigenvalue weighted by molar-refractivity contribution is 6.10. The molecule has 0 atom stereocenters. The predicted octanol–water partition coefficient (Wildman–Crippen LogP) is 7.88. The van der Waals surface area contributed by atoms with Gasteiger partial charge in [-0.2, -0.15) is 0 Å². The summed E-state index contributed by atoms with van der Waals surface area (Å²) in [7, 11) is 0. The number of fused-ring (bicyclic) bond motifs is 6. The standard InChI is InChI=1S/C30H20N2/c1-5-16-27-23(12-1)24-13-2-6-17-28(24)31(27)21-10-9-11-22(20-21)32-29-18-7-3-14-25(29)26-15-4-8-19-30(26)32/h1-20H/i1D,2D,3D,4D,5D,6D,7D,8D,9D,10D,11D,12D,13D,14D,15D,16D,17D,18D,20D. The zero-order valence-corrected chi connectivity index (χ0v) is 16.0. The van der Waals surface area contributed by atoms with E-state index in [1.54, 1.807) is 0 Å². The lowest BCUT2D eigenvalue weighted by molar-refractivity contribution is 1.13. The molecule has 0 N–H and O–H groups in total. The molecule has 150 valence electrons. The van der Waals surface area contributed by atoms with Gasteiger partial charge in [-0.3, -0.25) is 0 Å². The SMILES string of the molecule is [2H]c1cc2c(c([2H])c1[2H])c1c([2H])c([2H])c([2H])c([2H])c1n2-c1c([2H])c([2H])c([2H])c(-n2c3c([2H])c([2H])c([2H])c([2H])c3c3c([2H])c([2H])c([2H])c([2H])c32)c1[2H]. The van der Waals surface area contributed by atoms with Crippen LogP contribution in [-0.2, 0) is 0 Å². The molecule has 0 fully saturated rings. The van der Waals surface area contributed by atoms with Crippen LogP contribution in [0.5, 0.6) is 0 Å². The van der Waals surface area contributed by atoms with Crippen molar-refractivity contribution in [1.29, 1.82) is 0 Å². The minimum atomic E-state index is -0.877. The molecule has 0 aliphatic rings. The summed E-state index contributed by atoms with van der Waals surface area (Å²) in [6.07, 6.45) is 0. The fourth-order valence-electron chi connectivity index (χ4n) is 3.91. The fourth-order valence-corrected chi connectivity index (χ4v) is 3.91. The molecule has 0 spiro atoms. The van der Waals surface area contributed by atoms with E-state index in [1.165, 1.54) is 0 Å². The molecule has 0 radical (unpaired) electrons. The summed E-state index contributed by atoms with van der Waals surface area (Å²) in [4.78, 5) is 0. The summed E-state index contributed by atoms with van der Waals surface area (Å²) >= 11 is 0. The number of aromatic nitrogens is 2. The molecule has 2 nitrogen and oxygen atoms in total. The third-order valence-corrected chi connectivity index (χ3v) is 5.19. The van der Waals surface area contributed by atoms with Crippen molar-refractivity contribution < 1.29 is 26.0 Å². The van der Waals surface area contributed by atoms with Crippen LogP contribution in [-0.4, -0.2) is 9.13 Å². The van der Waals surface area contributed by atoms with Crippen LogP contribution in [0.3, 0.4) is 0 Å². The van der Waals surface area contributed by atoms with Gasteiger partial charge < -0.3 is 9.13 Å². The van der Waals surface area contributed by atoms with Crippen LogP contribution >= 0.6 is 0 Å². The van der Waals surface area contributed by atoms with Crippen LogP contribution < -0.4 is 0 Å². The average molecular weight is 428 g/mol. The zero-order chi connectivity index (χ0) is 37.6. The van der Waals surface area contributed by atoms with E-state index in [4.69, 9.17) is 24.7 Å². The minimum Gasteiger partial charge on any atom is -0.309 e. The van der Waals surface area contributed by atoms with E-state index in [2.05, 4.69) is 0 Å². The Morgan fingerprint density at radius 3 is 1.34 bits per heavy atom. The largest absolute Gasteiger partial charge is 0.309 e. The van der Waals surface area contributed by atoms with Crippen molar-refractivity contribution >= 4 is 43.6 Å². The highest BCUT2D eigenvalue weighted by Gasteiger charge is 2.14. The van der Waals surface area contributed by atoms with Gasteiger partial charge in [-0.15, -0.1) is 0 Å². The van der Waals surface area contributed by atoms with E-state index in [9.17, 15) is 1.37 Å². The lowest BCUT2D eigenvalue weighted by Gasteiger charge is -2.12. The van der Waals surface area contributed by atoms with Crippen LogP contribution in [0.2, 0.25) is 0 Å². The van der Waals surface area contributed by atoms with Crippen LogP contribution in [0.15, 0.2) is 121 Å². The number of hydrogen-bond acceptors (Lipinski definition) is 0. The van der Waals surface area contributed by atoms with Gasteiger partial charge in [-0.1, -0.05) is 78.6 Å². The van der Waals surface area contributed by atoms with Crippen LogP contribution in [0.1, 0.15) is 26.0 Å². The smallest absolute Gasteiger partial charge is 0.0667 e. The normalized spacial score (nSPS) is 20.1. The maximum atomic E-state index is 9.52. The van der Waals surface area contributed by atoms with Gasteiger partial charge in [0, 0.05) is 32.9 Å². The quantitative estimate of drug-likeness (QED) is 0.265. The Balaban J connectivity index is 1.82. The van der Waals surface area contributed by atoms with Gasteiger partial charge >= 0.3 is 0 Å². The van der Waals surface area contributed by atoms with E-state index in [-0.39, 0.29) is 32.6 Å². The topological polar surface area (TPSA) is 9.86 Å². The second kappa shape index (κ2) is 6.60. The van der Waals surface area contributed by atoms with Gasteiger partial charge in [-0.05, 0) is 42.3 Å². The molecule has 5 aromatic carbocycles. The monoisotopic (exact) mass is 427 g/mol. The van der Waals surface area contributed by atoms with Crippen molar-refractivity contribution in [3.63, 3.8) is 0 Å². The predicted molar refractivity (Wildman–Crippen MR) is 135 cm³/mol. The second-order valence-electron chi connectivity index (χ2n) is 6.84. The number of rotatable bonds is 2. The number of benzene rings is 5. The molecule has 7 aromatic rings. The van der Waals surface area contributed by atoms with Crippen molar-refractivity contribution in [3.8, 4) is 11.4 Å². The van der Waals surface area contributed by atoms with Crippen molar-refractivity contribution in [3.05, 3.63) is 121 Å². The van der Waals surface area contributed by atoms with Crippen molar-refractivity contribution in [1.82, 2.24) is 9.13 Å². The third kappa shape index (κ3) is 2.35. The van der Waals surface area contributed by atoms with Crippen molar-refractivity contribution in [2.24, 2.45) is 0 Å². The first-order valence-corrected chi connectivity index (χ1v) is 9.42. The average Bonchev–Trinajstić information content (AvgIpc) is 3.62. The molecule has 2 aromatic heterocycles. The van der Waals surface area contributed by atoms with Gasteiger partial charge in [-0.25, -0.2) is 0 Å². The molecule has 32 heavy (non-hydrogen) atoms. The minimum absolute atomic E-state index is 0.209. The van der Waals surface area contributed by atoms with E-state index in [0.717, 1.165) is 15.2 Å². The van der Waals surface area contributed by atoms with Gasteiger partial charge in [0.15, 0.2) is 0 Å². The molecule has 2 heteroatoms. The first kappa shape index (κ1) is 7.11. The molecule has 0 aliphatic heterocycles. The number of para-hydroxylation sites is 4. The maximum Gasteiger partial charge on any atom is 0.0667 e. The zero-order valence-electron chi connectivity index (χ0n) is 35.0. The summed E-state index contributed by atoms with van der Waals surface area (Å²) in [6.45, 7) is 0. The summed E-state index contributed by atoms with van der Waals surface area (Å²) < 4.78 is 166. The lowest BCUT2D eigenvalue weighted by atomic mass is 10.2. The van der Waals surface area contributed by atoms with Crippen LogP contribution in [0, 0.1) is 0 Å². The molecule has 0 bridgehead atoms. The Labute approximate surface area is 212 Å². The molecule has 7 rings (SSSR count). The number of hydrogen-bond donors (Lipinski definition) is 0. The molecule has 0 unspecified atom stereocenters. The fraction of sp³-hybridized carbons (Fsp3) is 0. The van der Waals surface area contributed by atoms with E-state index < -0.39 is 137 Å². The van der Waals surface area contributed by atoms with E-state index >= 15 is 0 Å². The Kier molecular flexibility index (Phi) is 1.47. The maximum absolute atomic E-state index is 9.52. The van der Waals surface area contributed by atoms with Crippen LogP contribution in [0.4, 0.5) is 0 Å². The van der Waals surface area contributed by atoms with Crippen molar-refractivity contribution in [2.45, 2.75) is 0 Å². The highest BCUT2D eigenvalue weighted by Crippen LogP contribution is 2.35. The van der Waals surface area contributed by atoms with Gasteiger partial charge in [0.1, 0.15) is 0 Å². The third-order valence-electron chi connectivity index (χ3n) is 5.19. The molecule has 0 saturated heterocycles. The molecular weight excluding hydrogens is 388 g/mol.